The molecule has 0 bridgehead atoms. The second-order valence-corrected chi connectivity index (χ2v) is 8.11. The molecule has 0 saturated carbocycles. The molecule has 1 aromatic carbocycles. The molecule has 7 heteroatoms. The van der Waals surface area contributed by atoms with E-state index in [4.69, 9.17) is 9.47 Å². The van der Waals surface area contributed by atoms with Crippen molar-refractivity contribution >= 4 is 28.1 Å². The van der Waals surface area contributed by atoms with Crippen LogP contribution >= 0.6 is 11.3 Å². The van der Waals surface area contributed by atoms with Crippen molar-refractivity contribution in [3.05, 3.63) is 59.4 Å². The lowest BCUT2D eigenvalue weighted by molar-refractivity contribution is -0.119. The van der Waals surface area contributed by atoms with Crippen molar-refractivity contribution in [1.82, 2.24) is 9.97 Å². The molecule has 0 unspecified atom stereocenters. The lowest BCUT2D eigenvalue weighted by atomic mass is 10.0. The zero-order chi connectivity index (χ0) is 19.7. The molecule has 2 aromatic heterocycles. The highest BCUT2D eigenvalue weighted by molar-refractivity contribution is 7.14. The number of benzene rings is 1. The average Bonchev–Trinajstić information content (AvgIpc) is 3.22. The first-order valence-electron chi connectivity index (χ1n) is 9.02. The Balaban J connectivity index is 1.56. The summed E-state index contributed by atoms with van der Waals surface area (Å²) >= 11 is 1.42. The van der Waals surface area contributed by atoms with Gasteiger partial charge in [-0.25, -0.2) is 4.98 Å². The van der Waals surface area contributed by atoms with Crippen molar-refractivity contribution in [1.29, 1.82) is 0 Å². The molecule has 0 aliphatic carbocycles. The van der Waals surface area contributed by atoms with E-state index in [2.05, 4.69) is 9.97 Å². The lowest BCUT2D eigenvalue weighted by Gasteiger charge is -2.21. The molecule has 4 rings (SSSR count). The number of aromatic nitrogens is 2. The van der Waals surface area contributed by atoms with Gasteiger partial charge in [0.15, 0.2) is 23.2 Å². The minimum absolute atomic E-state index is 0.124. The summed E-state index contributed by atoms with van der Waals surface area (Å²) in [6.45, 7) is 5.86. The molecule has 28 heavy (non-hydrogen) atoms. The first-order valence-corrected chi connectivity index (χ1v) is 9.90. The topological polar surface area (TPSA) is 64.6 Å². The molecule has 0 fully saturated rings. The fraction of sp³-hybridized carbons (Fsp3) is 0.286. The number of thiazole rings is 1. The Kier molecular flexibility index (Phi) is 4.77. The normalized spacial score (nSPS) is 14.2. The predicted molar refractivity (Wildman–Crippen MR) is 109 cm³/mol. The molecule has 1 aliphatic rings. The van der Waals surface area contributed by atoms with Gasteiger partial charge in [0.25, 0.3) is 5.91 Å². The van der Waals surface area contributed by atoms with Gasteiger partial charge < -0.3 is 9.47 Å². The van der Waals surface area contributed by atoms with Gasteiger partial charge in [0.1, 0.15) is 5.60 Å². The number of fused-ring (bicyclic) bond motifs is 1. The summed E-state index contributed by atoms with van der Waals surface area (Å²) in [5.41, 5.74) is 2.39. The van der Waals surface area contributed by atoms with Gasteiger partial charge >= 0.3 is 0 Å². The zero-order valence-electron chi connectivity index (χ0n) is 16.0. The van der Waals surface area contributed by atoms with Crippen LogP contribution in [0.2, 0.25) is 0 Å². The number of anilines is 2. The highest BCUT2D eigenvalue weighted by Crippen LogP contribution is 2.41. The van der Waals surface area contributed by atoms with Crippen LogP contribution in [-0.2, 0) is 11.2 Å². The van der Waals surface area contributed by atoms with Crippen molar-refractivity contribution in [2.45, 2.75) is 32.8 Å². The second-order valence-electron chi connectivity index (χ2n) is 7.28. The molecule has 3 heterocycles. The van der Waals surface area contributed by atoms with Crippen LogP contribution in [0.5, 0.6) is 11.5 Å². The molecule has 1 aliphatic heterocycles. The van der Waals surface area contributed by atoms with Crippen LogP contribution in [0.1, 0.15) is 25.1 Å². The van der Waals surface area contributed by atoms with E-state index in [1.807, 2.05) is 44.4 Å². The summed E-state index contributed by atoms with van der Waals surface area (Å²) in [6.07, 6.45) is 4.11. The maximum absolute atomic E-state index is 13.1. The summed E-state index contributed by atoms with van der Waals surface area (Å²) < 4.78 is 11.9. The lowest BCUT2D eigenvalue weighted by Crippen LogP contribution is -2.31. The summed E-state index contributed by atoms with van der Waals surface area (Å²) in [7, 11) is 0. The molecular formula is C21H21N3O3S. The number of amides is 1. The van der Waals surface area contributed by atoms with Crippen molar-refractivity contribution in [2.24, 2.45) is 0 Å². The maximum Gasteiger partial charge on any atom is 0.271 e. The van der Waals surface area contributed by atoms with Gasteiger partial charge in [-0.3, -0.25) is 14.7 Å². The van der Waals surface area contributed by atoms with E-state index >= 15 is 0 Å². The number of hydrogen-bond acceptors (Lipinski definition) is 6. The van der Waals surface area contributed by atoms with Gasteiger partial charge in [-0.2, -0.15) is 0 Å². The van der Waals surface area contributed by atoms with Crippen LogP contribution in [-0.4, -0.2) is 28.1 Å². The molecule has 144 valence electrons. The quantitative estimate of drug-likeness (QED) is 0.644. The summed E-state index contributed by atoms with van der Waals surface area (Å²) in [5, 5.41) is 2.52. The maximum atomic E-state index is 13.1. The Morgan fingerprint density at radius 2 is 2.07 bits per heavy atom. The Morgan fingerprint density at radius 3 is 2.79 bits per heavy atom. The second kappa shape index (κ2) is 7.24. The van der Waals surface area contributed by atoms with Crippen LogP contribution < -0.4 is 14.4 Å². The molecule has 6 nitrogen and oxygen atoms in total. The third-order valence-corrected chi connectivity index (χ3v) is 5.32. The molecule has 0 N–H and O–H groups in total. The average molecular weight is 395 g/mol. The van der Waals surface area contributed by atoms with Crippen molar-refractivity contribution in [3.63, 3.8) is 0 Å². The standard InChI is InChI=1S/C21H21N3O3S/c1-14-13-28-20(23-14)24(16-7-9-22-10-8-16)18(25)12-26-17-6-4-5-15-11-21(2,3)27-19(15)17/h4-10,13H,11-12H2,1-3H3. The van der Waals surface area contributed by atoms with Crippen LogP contribution in [0.3, 0.4) is 0 Å². The van der Waals surface area contributed by atoms with Gasteiger partial charge in [-0.15, -0.1) is 11.3 Å². The highest BCUT2D eigenvalue weighted by atomic mass is 32.1. The predicted octanol–water partition coefficient (Wildman–Crippen LogP) is 4.30. The van der Waals surface area contributed by atoms with Gasteiger partial charge in [-0.1, -0.05) is 12.1 Å². The zero-order valence-corrected chi connectivity index (χ0v) is 16.8. The van der Waals surface area contributed by atoms with Crippen molar-refractivity contribution in [2.75, 3.05) is 11.5 Å². The fourth-order valence-corrected chi connectivity index (χ4v) is 4.04. The number of ether oxygens (including phenoxy) is 2. The highest BCUT2D eigenvalue weighted by Gasteiger charge is 2.32. The minimum atomic E-state index is -0.271. The fourth-order valence-electron chi connectivity index (χ4n) is 3.20. The number of aryl methyl sites for hydroxylation is 1. The molecule has 0 atom stereocenters. The number of pyridine rings is 1. The third kappa shape index (κ3) is 3.71. The number of carbonyl (C=O) groups excluding carboxylic acids is 1. The monoisotopic (exact) mass is 395 g/mol. The Labute approximate surface area is 167 Å². The summed E-state index contributed by atoms with van der Waals surface area (Å²) in [5.74, 6) is 1.10. The largest absolute Gasteiger partial charge is 0.483 e. The van der Waals surface area contributed by atoms with Gasteiger partial charge in [-0.05, 0) is 39.0 Å². The Hall–Kier alpha value is -2.93. The van der Waals surface area contributed by atoms with Crippen LogP contribution in [0, 0.1) is 6.92 Å². The van der Waals surface area contributed by atoms with E-state index in [-0.39, 0.29) is 18.1 Å². The van der Waals surface area contributed by atoms with E-state index in [0.29, 0.717) is 16.6 Å². The molecule has 0 radical (unpaired) electrons. The Morgan fingerprint density at radius 1 is 1.29 bits per heavy atom. The molecule has 0 spiro atoms. The van der Waals surface area contributed by atoms with Gasteiger partial charge in [0.2, 0.25) is 0 Å². The van der Waals surface area contributed by atoms with Crippen molar-refractivity contribution in [3.8, 4) is 11.5 Å². The first-order chi connectivity index (χ1) is 13.4. The van der Waals surface area contributed by atoms with Crippen LogP contribution in [0.25, 0.3) is 0 Å². The number of hydrogen-bond donors (Lipinski definition) is 0. The first kappa shape index (κ1) is 18.4. The molecule has 3 aromatic rings. The SMILES string of the molecule is Cc1csc(N(C(=O)COc2cccc3c2OC(C)(C)C3)c2ccncc2)n1. The number of carbonyl (C=O) groups is 1. The van der Waals surface area contributed by atoms with Gasteiger partial charge in [0, 0.05) is 29.8 Å². The number of nitrogens with zero attached hydrogens (tertiary/aromatic N) is 3. The van der Waals surface area contributed by atoms with Crippen LogP contribution in [0.4, 0.5) is 10.8 Å². The molecular weight excluding hydrogens is 374 g/mol. The van der Waals surface area contributed by atoms with E-state index in [1.165, 1.54) is 11.3 Å². The van der Waals surface area contributed by atoms with E-state index in [0.717, 1.165) is 23.4 Å². The van der Waals surface area contributed by atoms with E-state index in [9.17, 15) is 4.79 Å². The van der Waals surface area contributed by atoms with Crippen molar-refractivity contribution < 1.29 is 14.3 Å². The Bertz CT molecular complexity index is 1000. The summed E-state index contributed by atoms with van der Waals surface area (Å²) in [4.78, 5) is 23.1. The van der Waals surface area contributed by atoms with Gasteiger partial charge in [0.05, 0.1) is 11.4 Å². The number of para-hydroxylation sites is 1. The number of rotatable bonds is 5. The molecule has 0 saturated heterocycles. The molecule has 1 amide bonds. The van der Waals surface area contributed by atoms with Crippen LogP contribution in [0.15, 0.2) is 48.1 Å². The smallest absolute Gasteiger partial charge is 0.271 e. The third-order valence-electron chi connectivity index (χ3n) is 4.37. The minimum Gasteiger partial charge on any atom is -0.483 e. The van der Waals surface area contributed by atoms with E-state index < -0.39 is 0 Å². The van der Waals surface area contributed by atoms with E-state index in [1.54, 1.807) is 29.4 Å². The summed E-state index contributed by atoms with van der Waals surface area (Å²) in [6, 6.07) is 9.34.